The van der Waals surface area contributed by atoms with Gasteiger partial charge in [-0.25, -0.2) is 0 Å². The van der Waals surface area contributed by atoms with Crippen molar-refractivity contribution >= 4 is 0 Å². The molecule has 19 heavy (non-hydrogen) atoms. The fourth-order valence-electron chi connectivity index (χ4n) is 4.00. The number of rotatable bonds is 4. The summed E-state index contributed by atoms with van der Waals surface area (Å²) in [5.41, 5.74) is 0.204. The average Bonchev–Trinajstić information content (AvgIpc) is 3.01. The second-order valence-electron chi connectivity index (χ2n) is 7.88. The fourth-order valence-corrected chi connectivity index (χ4v) is 4.00. The summed E-state index contributed by atoms with van der Waals surface area (Å²) in [7, 11) is 0. The molecule has 3 aliphatic rings. The normalized spacial score (nSPS) is 39.3. The number of nitrogens with zero attached hydrogens (tertiary/aromatic N) is 1. The molecule has 3 rings (SSSR count). The molecule has 1 aliphatic carbocycles. The molecule has 2 aliphatic heterocycles. The van der Waals surface area contributed by atoms with Gasteiger partial charge in [-0.2, -0.15) is 0 Å². The topological polar surface area (TPSA) is 24.5 Å². The van der Waals surface area contributed by atoms with Crippen LogP contribution in [-0.4, -0.2) is 48.3 Å². The largest absolute Gasteiger partial charge is 0.372 e. The fraction of sp³-hybridized carbons (Fsp3) is 1.00. The monoisotopic (exact) mass is 266 g/mol. The summed E-state index contributed by atoms with van der Waals surface area (Å²) in [6, 6.07) is 0.889. The Morgan fingerprint density at radius 1 is 1.11 bits per heavy atom. The van der Waals surface area contributed by atoms with Crippen molar-refractivity contribution in [1.29, 1.82) is 0 Å². The van der Waals surface area contributed by atoms with Gasteiger partial charge in [0, 0.05) is 31.2 Å². The molecule has 3 fully saturated rings. The molecule has 2 saturated heterocycles. The Bertz CT molecular complexity index is 312. The Labute approximate surface area is 118 Å². The van der Waals surface area contributed by atoms with E-state index in [1.54, 1.807) is 0 Å². The van der Waals surface area contributed by atoms with Crippen molar-refractivity contribution in [3.63, 3.8) is 0 Å². The summed E-state index contributed by atoms with van der Waals surface area (Å²) in [5, 5.41) is 3.57. The van der Waals surface area contributed by atoms with Gasteiger partial charge in [0.25, 0.3) is 0 Å². The molecule has 0 spiro atoms. The molecule has 1 saturated carbocycles. The molecule has 0 radical (unpaired) electrons. The SMILES string of the molecule is CC(C)(C)NCC1CCC(CN2CC3CCC2C3)O1. The minimum atomic E-state index is 0.204. The van der Waals surface area contributed by atoms with E-state index in [0.717, 1.165) is 18.5 Å². The van der Waals surface area contributed by atoms with Gasteiger partial charge in [0.1, 0.15) is 0 Å². The maximum atomic E-state index is 6.22. The van der Waals surface area contributed by atoms with Gasteiger partial charge in [-0.15, -0.1) is 0 Å². The van der Waals surface area contributed by atoms with Crippen LogP contribution in [0.15, 0.2) is 0 Å². The molecule has 3 nitrogen and oxygen atoms in total. The van der Waals surface area contributed by atoms with E-state index in [1.165, 1.54) is 45.2 Å². The zero-order valence-electron chi connectivity index (χ0n) is 12.8. The van der Waals surface area contributed by atoms with Crippen LogP contribution in [0.4, 0.5) is 0 Å². The van der Waals surface area contributed by atoms with E-state index in [9.17, 15) is 0 Å². The molecule has 2 heterocycles. The summed E-state index contributed by atoms with van der Waals surface area (Å²) in [4.78, 5) is 2.71. The second-order valence-corrected chi connectivity index (χ2v) is 7.88. The van der Waals surface area contributed by atoms with E-state index in [1.807, 2.05) is 0 Å². The molecule has 4 unspecified atom stereocenters. The first-order valence-corrected chi connectivity index (χ1v) is 8.14. The van der Waals surface area contributed by atoms with Gasteiger partial charge in [0.15, 0.2) is 0 Å². The van der Waals surface area contributed by atoms with Crippen LogP contribution in [0.5, 0.6) is 0 Å². The summed E-state index contributed by atoms with van der Waals surface area (Å²) in [5.74, 6) is 1.00. The van der Waals surface area contributed by atoms with Crippen molar-refractivity contribution < 1.29 is 4.74 Å². The average molecular weight is 266 g/mol. The number of piperidine rings is 1. The highest BCUT2D eigenvalue weighted by Gasteiger charge is 2.39. The van der Waals surface area contributed by atoms with E-state index in [-0.39, 0.29) is 5.54 Å². The summed E-state index contributed by atoms with van der Waals surface area (Å²) < 4.78 is 6.22. The number of hydrogen-bond donors (Lipinski definition) is 1. The summed E-state index contributed by atoms with van der Waals surface area (Å²) in [6.45, 7) is 10.2. The quantitative estimate of drug-likeness (QED) is 0.845. The molecule has 2 bridgehead atoms. The first-order valence-electron chi connectivity index (χ1n) is 8.14. The highest BCUT2D eigenvalue weighted by atomic mass is 16.5. The lowest BCUT2D eigenvalue weighted by molar-refractivity contribution is 0.0151. The molecule has 0 aromatic carbocycles. The molecule has 0 amide bonds. The highest BCUT2D eigenvalue weighted by molar-refractivity contribution is 4.93. The van der Waals surface area contributed by atoms with Gasteiger partial charge < -0.3 is 10.1 Å². The third-order valence-electron chi connectivity index (χ3n) is 5.02. The van der Waals surface area contributed by atoms with E-state index >= 15 is 0 Å². The zero-order chi connectivity index (χ0) is 13.5. The van der Waals surface area contributed by atoms with Crippen LogP contribution in [0.25, 0.3) is 0 Å². The minimum absolute atomic E-state index is 0.204. The first kappa shape index (κ1) is 13.8. The standard InChI is InChI=1S/C16H30N2O/c1-16(2,3)17-9-14-6-7-15(19-14)11-18-10-12-4-5-13(18)8-12/h12-15,17H,4-11H2,1-3H3. The van der Waals surface area contributed by atoms with Gasteiger partial charge in [0.2, 0.25) is 0 Å². The van der Waals surface area contributed by atoms with Gasteiger partial charge in [-0.3, -0.25) is 4.90 Å². The highest BCUT2D eigenvalue weighted by Crippen LogP contribution is 2.38. The predicted molar refractivity (Wildman–Crippen MR) is 78.4 cm³/mol. The Hall–Kier alpha value is -0.120. The number of ether oxygens (including phenoxy) is 1. The van der Waals surface area contributed by atoms with Gasteiger partial charge >= 0.3 is 0 Å². The number of hydrogen-bond acceptors (Lipinski definition) is 3. The van der Waals surface area contributed by atoms with Crippen molar-refractivity contribution in [3.8, 4) is 0 Å². The maximum absolute atomic E-state index is 6.22. The van der Waals surface area contributed by atoms with E-state index in [2.05, 4.69) is 31.0 Å². The van der Waals surface area contributed by atoms with Crippen LogP contribution in [0.3, 0.4) is 0 Å². The van der Waals surface area contributed by atoms with Crippen LogP contribution in [0, 0.1) is 5.92 Å². The van der Waals surface area contributed by atoms with Gasteiger partial charge in [-0.05, 0) is 58.8 Å². The minimum Gasteiger partial charge on any atom is -0.372 e. The van der Waals surface area contributed by atoms with E-state index in [4.69, 9.17) is 4.74 Å². The first-order chi connectivity index (χ1) is 8.99. The van der Waals surface area contributed by atoms with E-state index in [0.29, 0.717) is 12.2 Å². The van der Waals surface area contributed by atoms with Gasteiger partial charge in [0.05, 0.1) is 12.2 Å². The number of fused-ring (bicyclic) bond motifs is 2. The van der Waals surface area contributed by atoms with Crippen LogP contribution in [-0.2, 0) is 4.74 Å². The van der Waals surface area contributed by atoms with Crippen molar-refractivity contribution in [2.75, 3.05) is 19.6 Å². The lowest BCUT2D eigenvalue weighted by Crippen LogP contribution is -2.42. The van der Waals surface area contributed by atoms with Crippen molar-refractivity contribution in [2.24, 2.45) is 5.92 Å². The van der Waals surface area contributed by atoms with E-state index < -0.39 is 0 Å². The van der Waals surface area contributed by atoms with Crippen molar-refractivity contribution in [3.05, 3.63) is 0 Å². The van der Waals surface area contributed by atoms with Crippen LogP contribution in [0.2, 0.25) is 0 Å². The Morgan fingerprint density at radius 3 is 2.53 bits per heavy atom. The molecule has 4 atom stereocenters. The second kappa shape index (κ2) is 5.34. The Morgan fingerprint density at radius 2 is 1.89 bits per heavy atom. The smallest absolute Gasteiger partial charge is 0.0707 e. The molecular formula is C16H30N2O. The van der Waals surface area contributed by atoms with Crippen LogP contribution < -0.4 is 5.32 Å². The molecule has 3 heteroatoms. The third kappa shape index (κ3) is 3.50. The molecular weight excluding hydrogens is 236 g/mol. The summed E-state index contributed by atoms with van der Waals surface area (Å²) >= 11 is 0. The Balaban J connectivity index is 1.40. The Kier molecular flexibility index (Phi) is 3.89. The molecule has 110 valence electrons. The van der Waals surface area contributed by atoms with Crippen LogP contribution in [0.1, 0.15) is 52.9 Å². The molecule has 1 N–H and O–H groups in total. The van der Waals surface area contributed by atoms with Crippen molar-refractivity contribution in [1.82, 2.24) is 10.2 Å². The predicted octanol–water partition coefficient (Wildman–Crippen LogP) is 2.41. The molecule has 0 aromatic rings. The lowest BCUT2D eigenvalue weighted by atomic mass is 10.1. The third-order valence-corrected chi connectivity index (χ3v) is 5.02. The number of likely N-dealkylation sites (tertiary alicyclic amines) is 1. The zero-order valence-corrected chi connectivity index (χ0v) is 12.8. The maximum Gasteiger partial charge on any atom is 0.0707 e. The van der Waals surface area contributed by atoms with Gasteiger partial charge in [-0.1, -0.05) is 0 Å². The molecule has 0 aromatic heterocycles. The lowest BCUT2D eigenvalue weighted by Gasteiger charge is -2.29. The summed E-state index contributed by atoms with van der Waals surface area (Å²) in [6.07, 6.45) is 7.79. The van der Waals surface area contributed by atoms with Crippen LogP contribution >= 0.6 is 0 Å². The van der Waals surface area contributed by atoms with Crippen molar-refractivity contribution in [2.45, 2.75) is 76.7 Å². The number of nitrogens with one attached hydrogen (secondary N) is 1.